The van der Waals surface area contributed by atoms with E-state index in [-0.39, 0.29) is 0 Å². The molecular formula is C23H31. The summed E-state index contributed by atoms with van der Waals surface area (Å²) in [6, 6.07) is 15.0. The van der Waals surface area contributed by atoms with Crippen LogP contribution in [0.1, 0.15) is 88.5 Å². The molecule has 1 radical (unpaired) electrons. The molecule has 0 unspecified atom stereocenters. The van der Waals surface area contributed by atoms with E-state index in [1.54, 1.807) is 0 Å². The lowest BCUT2D eigenvalue weighted by Gasteiger charge is -2.24. The molecule has 0 bridgehead atoms. The molecule has 23 heavy (non-hydrogen) atoms. The van der Waals surface area contributed by atoms with Crippen LogP contribution in [0, 0.1) is 6.07 Å². The Hall–Kier alpha value is -1.56. The molecule has 0 aromatic heterocycles. The standard InChI is InChI=1S/C23H31/c1-8-18-11-9-10-12-20(18)23-21(16(4)5)13-19(15(2)3)14-22(23)17(6)7/h9-13,15-17H,8H2,1-7H3. The molecule has 2 aromatic carbocycles. The first-order valence-electron chi connectivity index (χ1n) is 9.05. The van der Waals surface area contributed by atoms with E-state index in [1.165, 1.54) is 33.4 Å². The zero-order valence-electron chi connectivity index (χ0n) is 15.8. The van der Waals surface area contributed by atoms with Crippen LogP contribution in [0.3, 0.4) is 0 Å². The summed E-state index contributed by atoms with van der Waals surface area (Å²) in [7, 11) is 0. The minimum absolute atomic E-state index is 0.478. The zero-order chi connectivity index (χ0) is 17.1. The van der Waals surface area contributed by atoms with Gasteiger partial charge in [-0.25, -0.2) is 0 Å². The van der Waals surface area contributed by atoms with E-state index in [4.69, 9.17) is 0 Å². The van der Waals surface area contributed by atoms with Crippen LogP contribution in [0.25, 0.3) is 11.1 Å². The van der Waals surface area contributed by atoms with Crippen LogP contribution in [0.2, 0.25) is 0 Å². The lowest BCUT2D eigenvalue weighted by Crippen LogP contribution is -2.05. The highest BCUT2D eigenvalue weighted by Crippen LogP contribution is 2.39. The second-order valence-corrected chi connectivity index (χ2v) is 7.44. The summed E-state index contributed by atoms with van der Waals surface area (Å²) in [5, 5.41) is 0. The van der Waals surface area contributed by atoms with Crippen molar-refractivity contribution in [2.24, 2.45) is 0 Å². The topological polar surface area (TPSA) is 0 Å². The van der Waals surface area contributed by atoms with Crippen molar-refractivity contribution in [3.8, 4) is 11.1 Å². The highest BCUT2D eigenvalue weighted by Gasteiger charge is 2.20. The Kier molecular flexibility index (Phi) is 5.68. The molecule has 0 spiro atoms. The van der Waals surface area contributed by atoms with Crippen LogP contribution in [0.15, 0.2) is 30.3 Å². The number of aryl methyl sites for hydroxylation is 1. The Morgan fingerprint density at radius 1 is 0.870 bits per heavy atom. The maximum absolute atomic E-state index is 3.76. The van der Waals surface area contributed by atoms with Crippen molar-refractivity contribution in [3.63, 3.8) is 0 Å². The fourth-order valence-corrected chi connectivity index (χ4v) is 3.22. The van der Waals surface area contributed by atoms with Gasteiger partial charge in [0, 0.05) is 0 Å². The number of benzene rings is 2. The molecule has 0 saturated carbocycles. The van der Waals surface area contributed by atoms with E-state index in [2.05, 4.69) is 84.9 Å². The average molecular weight is 308 g/mol. The normalized spacial score (nSPS) is 11.7. The minimum atomic E-state index is 0.478. The van der Waals surface area contributed by atoms with Crippen LogP contribution in [0.5, 0.6) is 0 Å². The van der Waals surface area contributed by atoms with Crippen molar-refractivity contribution in [1.82, 2.24) is 0 Å². The van der Waals surface area contributed by atoms with Crippen molar-refractivity contribution in [2.75, 3.05) is 0 Å². The summed E-state index contributed by atoms with van der Waals surface area (Å²) in [5.41, 5.74) is 8.45. The molecule has 0 heterocycles. The Bertz CT molecular complexity index is 630. The first-order valence-corrected chi connectivity index (χ1v) is 9.05. The largest absolute Gasteiger partial charge is 0.0620 e. The Morgan fingerprint density at radius 2 is 1.52 bits per heavy atom. The van der Waals surface area contributed by atoms with Crippen LogP contribution in [-0.4, -0.2) is 0 Å². The van der Waals surface area contributed by atoms with Crippen LogP contribution < -0.4 is 0 Å². The van der Waals surface area contributed by atoms with Gasteiger partial charge in [0.15, 0.2) is 0 Å². The van der Waals surface area contributed by atoms with E-state index in [0.29, 0.717) is 17.8 Å². The molecule has 0 nitrogen and oxygen atoms in total. The van der Waals surface area contributed by atoms with Gasteiger partial charge in [0.2, 0.25) is 0 Å². The highest BCUT2D eigenvalue weighted by molar-refractivity contribution is 5.75. The first kappa shape index (κ1) is 17.8. The molecule has 0 aliphatic carbocycles. The molecule has 0 amide bonds. The van der Waals surface area contributed by atoms with Crippen LogP contribution in [0.4, 0.5) is 0 Å². The predicted molar refractivity (Wildman–Crippen MR) is 102 cm³/mol. The van der Waals surface area contributed by atoms with Crippen molar-refractivity contribution in [2.45, 2.75) is 72.6 Å². The van der Waals surface area contributed by atoms with Gasteiger partial charge in [-0.05, 0) is 63.6 Å². The minimum Gasteiger partial charge on any atom is -0.0620 e. The number of hydrogen-bond acceptors (Lipinski definition) is 0. The average Bonchev–Trinajstić information content (AvgIpc) is 2.53. The highest BCUT2D eigenvalue weighted by atomic mass is 14.2. The van der Waals surface area contributed by atoms with E-state index >= 15 is 0 Å². The fraction of sp³-hybridized carbons (Fsp3) is 0.478. The molecule has 123 valence electrons. The summed E-state index contributed by atoms with van der Waals surface area (Å²) >= 11 is 0. The summed E-state index contributed by atoms with van der Waals surface area (Å²) in [6.45, 7) is 16.0. The van der Waals surface area contributed by atoms with Gasteiger partial charge in [0.1, 0.15) is 0 Å². The Morgan fingerprint density at radius 3 is 2.04 bits per heavy atom. The second kappa shape index (κ2) is 7.34. The first-order chi connectivity index (χ1) is 10.9. The van der Waals surface area contributed by atoms with Gasteiger partial charge in [0.05, 0.1) is 0 Å². The third kappa shape index (κ3) is 3.68. The summed E-state index contributed by atoms with van der Waals surface area (Å²) in [6.07, 6.45) is 1.07. The quantitative estimate of drug-likeness (QED) is 0.553. The lowest BCUT2D eigenvalue weighted by atomic mass is 9.80. The van der Waals surface area contributed by atoms with E-state index in [0.717, 1.165) is 6.42 Å². The monoisotopic (exact) mass is 307 g/mol. The van der Waals surface area contributed by atoms with Gasteiger partial charge < -0.3 is 0 Å². The van der Waals surface area contributed by atoms with Crippen molar-refractivity contribution in [3.05, 3.63) is 58.7 Å². The molecule has 0 aliphatic rings. The van der Waals surface area contributed by atoms with Crippen LogP contribution >= 0.6 is 0 Å². The summed E-state index contributed by atoms with van der Waals surface area (Å²) in [4.78, 5) is 0. The molecule has 2 rings (SSSR count). The maximum atomic E-state index is 3.76. The molecule has 0 fully saturated rings. The summed E-state index contributed by atoms with van der Waals surface area (Å²) in [5.74, 6) is 1.51. The SMILES string of the molecule is CCc1ccccc1-c1c(C(C)C)[c]c(C(C)C)cc1C(C)C. The zero-order valence-corrected chi connectivity index (χ0v) is 15.8. The fourth-order valence-electron chi connectivity index (χ4n) is 3.22. The molecule has 0 heteroatoms. The molecule has 0 atom stereocenters. The second-order valence-electron chi connectivity index (χ2n) is 7.44. The van der Waals surface area contributed by atoms with Crippen molar-refractivity contribution < 1.29 is 0 Å². The third-order valence-corrected chi connectivity index (χ3v) is 4.64. The Labute approximate surface area is 143 Å². The van der Waals surface area contributed by atoms with Gasteiger partial charge in [-0.2, -0.15) is 0 Å². The van der Waals surface area contributed by atoms with Gasteiger partial charge >= 0.3 is 0 Å². The number of rotatable bonds is 5. The third-order valence-electron chi connectivity index (χ3n) is 4.64. The van der Waals surface area contributed by atoms with Gasteiger partial charge in [-0.3, -0.25) is 0 Å². The molecule has 2 aromatic rings. The Balaban J connectivity index is 2.84. The lowest BCUT2D eigenvalue weighted by molar-refractivity contribution is 0.804. The van der Waals surface area contributed by atoms with Crippen molar-refractivity contribution in [1.29, 1.82) is 0 Å². The maximum Gasteiger partial charge on any atom is -0.0102 e. The van der Waals surface area contributed by atoms with E-state index in [9.17, 15) is 0 Å². The molecule has 0 saturated heterocycles. The van der Waals surface area contributed by atoms with Gasteiger partial charge in [-0.15, -0.1) is 0 Å². The van der Waals surface area contributed by atoms with Gasteiger partial charge in [0.25, 0.3) is 0 Å². The molecule has 0 aliphatic heterocycles. The molecule has 0 N–H and O–H groups in total. The van der Waals surface area contributed by atoms with E-state index in [1.807, 2.05) is 0 Å². The van der Waals surface area contributed by atoms with Crippen LogP contribution in [-0.2, 0) is 6.42 Å². The smallest absolute Gasteiger partial charge is 0.0102 e. The van der Waals surface area contributed by atoms with E-state index < -0.39 is 0 Å². The molecular weight excluding hydrogens is 276 g/mol. The summed E-state index contributed by atoms with van der Waals surface area (Å²) < 4.78 is 0. The van der Waals surface area contributed by atoms with Gasteiger partial charge in [-0.1, -0.05) is 78.8 Å². The number of hydrogen-bond donors (Lipinski definition) is 0. The predicted octanol–water partition coefficient (Wildman–Crippen LogP) is 7.09. The van der Waals surface area contributed by atoms with Crippen molar-refractivity contribution >= 4 is 0 Å².